The third-order valence-corrected chi connectivity index (χ3v) is 6.00. The molecule has 0 spiro atoms. The van der Waals surface area contributed by atoms with Crippen LogP contribution in [0.2, 0.25) is 10.0 Å². The maximum atomic E-state index is 13.1. The summed E-state index contributed by atoms with van der Waals surface area (Å²) in [5, 5.41) is 11.2. The number of nitrogens with one attached hydrogen (secondary N) is 2. The maximum absolute atomic E-state index is 13.1. The fraction of sp³-hybridized carbons (Fsp3) is 0.346. The molecule has 2 N–H and O–H groups in total. The summed E-state index contributed by atoms with van der Waals surface area (Å²) in [4.78, 5) is 27.5. The number of ether oxygens (including phenoxy) is 1. The van der Waals surface area contributed by atoms with Crippen molar-refractivity contribution in [2.24, 2.45) is 0 Å². The Balaban J connectivity index is 1.82. The third kappa shape index (κ3) is 7.00. The molecule has 8 nitrogen and oxygen atoms in total. The Kier molecular flexibility index (Phi) is 9.00. The van der Waals surface area contributed by atoms with Crippen LogP contribution in [-0.4, -0.2) is 53.4 Å². The predicted molar refractivity (Wildman–Crippen MR) is 145 cm³/mol. The number of aromatic nitrogens is 2. The minimum absolute atomic E-state index is 0.200. The number of urea groups is 1. The van der Waals surface area contributed by atoms with Gasteiger partial charge in [0.15, 0.2) is 0 Å². The fourth-order valence-electron chi connectivity index (χ4n) is 3.42. The third-order valence-electron chi connectivity index (χ3n) is 5.45. The quantitative estimate of drug-likeness (QED) is 0.378. The summed E-state index contributed by atoms with van der Waals surface area (Å²) in [5.41, 5.74) is 2.86. The minimum atomic E-state index is -0.491. The van der Waals surface area contributed by atoms with Crippen molar-refractivity contribution >= 4 is 46.6 Å². The van der Waals surface area contributed by atoms with Crippen LogP contribution in [0.4, 0.5) is 16.3 Å². The van der Waals surface area contributed by atoms with Crippen LogP contribution >= 0.6 is 23.2 Å². The van der Waals surface area contributed by atoms with Crippen molar-refractivity contribution in [2.75, 3.05) is 37.4 Å². The molecule has 0 atom stereocenters. The number of carbonyl (C=O) groups is 2. The Hall–Kier alpha value is -3.07. The van der Waals surface area contributed by atoms with Crippen LogP contribution in [0.5, 0.6) is 0 Å². The van der Waals surface area contributed by atoms with Gasteiger partial charge < -0.3 is 20.3 Å². The average molecular weight is 532 g/mol. The van der Waals surface area contributed by atoms with Gasteiger partial charge in [0.25, 0.3) is 0 Å². The van der Waals surface area contributed by atoms with Crippen molar-refractivity contribution in [3.63, 3.8) is 0 Å². The van der Waals surface area contributed by atoms with Gasteiger partial charge in [-0.15, -0.1) is 0 Å². The second-order valence-corrected chi connectivity index (χ2v) is 10.2. The van der Waals surface area contributed by atoms with Gasteiger partial charge in [-0.3, -0.25) is 4.79 Å². The summed E-state index contributed by atoms with van der Waals surface area (Å²) in [5.74, 6) is 0.144. The predicted octanol–water partition coefficient (Wildman–Crippen LogP) is 5.90. The highest BCUT2D eigenvalue weighted by molar-refractivity contribution is 6.36. The van der Waals surface area contributed by atoms with Crippen LogP contribution in [0.25, 0.3) is 5.69 Å². The topological polar surface area (TPSA) is 88.5 Å². The zero-order valence-corrected chi connectivity index (χ0v) is 22.6. The molecule has 3 amide bonds. The molecule has 3 rings (SSSR count). The normalized spacial score (nSPS) is 11.3. The van der Waals surface area contributed by atoms with Crippen molar-refractivity contribution in [2.45, 2.75) is 33.1 Å². The lowest BCUT2D eigenvalue weighted by molar-refractivity contribution is -0.116. The Morgan fingerprint density at radius 3 is 2.44 bits per heavy atom. The number of amides is 3. The molecule has 0 radical (unpaired) electrons. The molecular formula is C26H31Cl2N5O3. The van der Waals surface area contributed by atoms with Gasteiger partial charge in [0.05, 0.1) is 28.7 Å². The first-order valence-corrected chi connectivity index (χ1v) is 12.2. The molecular weight excluding hydrogens is 501 g/mol. The van der Waals surface area contributed by atoms with Crippen molar-refractivity contribution in [1.29, 1.82) is 0 Å². The highest BCUT2D eigenvalue weighted by atomic mass is 35.5. The number of methoxy groups -OCH3 is 1. The number of carbonyl (C=O) groups excluding carboxylic acids is 2. The SMILES string of the molecule is COCCN(CC(=O)Nc1cc(C(C)(C)C)nn1-c1ccccc1C)C(=O)Nc1ccc(Cl)cc1Cl. The van der Waals surface area contributed by atoms with Crippen molar-refractivity contribution < 1.29 is 14.3 Å². The summed E-state index contributed by atoms with van der Waals surface area (Å²) in [6, 6.07) is 13.9. The lowest BCUT2D eigenvalue weighted by atomic mass is 9.92. The largest absolute Gasteiger partial charge is 0.383 e. The standard InChI is InChI=1S/C26H31Cl2N5O3/c1-17-8-6-7-9-21(17)33-23(15-22(31-33)26(2,3)4)30-24(34)16-32(12-13-36-5)25(35)29-20-11-10-18(27)14-19(20)28/h6-11,14-15H,12-13,16H2,1-5H3,(H,29,35)(H,30,34). The maximum Gasteiger partial charge on any atom is 0.322 e. The number of nitrogens with zero attached hydrogens (tertiary/aromatic N) is 3. The van der Waals surface area contributed by atoms with Gasteiger partial charge in [0.1, 0.15) is 12.4 Å². The summed E-state index contributed by atoms with van der Waals surface area (Å²) in [6.07, 6.45) is 0. The molecule has 0 saturated heterocycles. The highest BCUT2D eigenvalue weighted by Crippen LogP contribution is 2.28. The lowest BCUT2D eigenvalue weighted by Crippen LogP contribution is -2.42. The number of rotatable bonds is 8. The van der Waals surface area contributed by atoms with Crippen molar-refractivity contribution in [3.05, 3.63) is 69.8 Å². The second kappa shape index (κ2) is 11.8. The summed E-state index contributed by atoms with van der Waals surface area (Å²) < 4.78 is 6.85. The molecule has 0 saturated carbocycles. The number of hydrogen-bond acceptors (Lipinski definition) is 4. The number of anilines is 2. The van der Waals surface area contributed by atoms with E-state index in [1.54, 1.807) is 16.8 Å². The van der Waals surface area contributed by atoms with E-state index in [0.29, 0.717) is 21.6 Å². The van der Waals surface area contributed by atoms with Crippen molar-refractivity contribution in [3.8, 4) is 5.69 Å². The Labute approximate surface area is 221 Å². The van der Waals surface area contributed by atoms with Crippen LogP contribution in [0.15, 0.2) is 48.5 Å². The summed E-state index contributed by atoms with van der Waals surface area (Å²) >= 11 is 12.1. The zero-order chi connectivity index (χ0) is 26.5. The van der Waals surface area contributed by atoms with E-state index in [1.165, 1.54) is 18.1 Å². The monoisotopic (exact) mass is 531 g/mol. The first-order chi connectivity index (χ1) is 17.0. The molecule has 0 unspecified atom stereocenters. The molecule has 1 aromatic heterocycles. The molecule has 0 aliphatic rings. The molecule has 0 fully saturated rings. The number of halogens is 2. The molecule has 0 bridgehead atoms. The molecule has 1 heterocycles. The van der Waals surface area contributed by atoms with Crippen LogP contribution in [0.1, 0.15) is 32.0 Å². The Morgan fingerprint density at radius 2 is 1.81 bits per heavy atom. The van der Waals surface area contributed by atoms with E-state index in [1.807, 2.05) is 37.3 Å². The zero-order valence-electron chi connectivity index (χ0n) is 21.1. The molecule has 0 aliphatic carbocycles. The summed E-state index contributed by atoms with van der Waals surface area (Å²) in [6.45, 7) is 8.41. The second-order valence-electron chi connectivity index (χ2n) is 9.38. The molecule has 2 aromatic carbocycles. The van der Waals surface area contributed by atoms with E-state index < -0.39 is 6.03 Å². The highest BCUT2D eigenvalue weighted by Gasteiger charge is 2.24. The summed E-state index contributed by atoms with van der Waals surface area (Å²) in [7, 11) is 1.53. The Morgan fingerprint density at radius 1 is 1.08 bits per heavy atom. The van der Waals surface area contributed by atoms with E-state index in [0.717, 1.165) is 16.9 Å². The van der Waals surface area contributed by atoms with Crippen LogP contribution in [0, 0.1) is 6.92 Å². The number of benzene rings is 2. The average Bonchev–Trinajstić information content (AvgIpc) is 3.22. The van der Waals surface area contributed by atoms with Gasteiger partial charge in [-0.25, -0.2) is 9.48 Å². The van der Waals surface area contributed by atoms with Crippen LogP contribution in [0.3, 0.4) is 0 Å². The first kappa shape index (κ1) is 27.5. The number of hydrogen-bond donors (Lipinski definition) is 2. The molecule has 192 valence electrons. The number of aryl methyl sites for hydroxylation is 1. The van der Waals surface area contributed by atoms with E-state index >= 15 is 0 Å². The van der Waals surface area contributed by atoms with Gasteiger partial charge in [-0.2, -0.15) is 5.10 Å². The Bertz CT molecular complexity index is 1240. The van der Waals surface area contributed by atoms with Gasteiger partial charge in [-0.1, -0.05) is 62.2 Å². The van der Waals surface area contributed by atoms with Gasteiger partial charge >= 0.3 is 6.03 Å². The van der Waals surface area contributed by atoms with E-state index in [9.17, 15) is 9.59 Å². The van der Waals surface area contributed by atoms with Gasteiger partial charge in [-0.05, 0) is 36.8 Å². The van der Waals surface area contributed by atoms with E-state index in [4.69, 9.17) is 33.0 Å². The molecule has 3 aromatic rings. The van der Waals surface area contributed by atoms with E-state index in [2.05, 4.69) is 31.4 Å². The first-order valence-electron chi connectivity index (χ1n) is 11.5. The van der Waals surface area contributed by atoms with Crippen LogP contribution in [-0.2, 0) is 14.9 Å². The minimum Gasteiger partial charge on any atom is -0.383 e. The lowest BCUT2D eigenvalue weighted by Gasteiger charge is -2.23. The molecule has 0 aliphatic heterocycles. The molecule has 10 heteroatoms. The smallest absolute Gasteiger partial charge is 0.322 e. The van der Waals surface area contributed by atoms with Gasteiger partial charge in [0, 0.05) is 30.2 Å². The fourth-order valence-corrected chi connectivity index (χ4v) is 3.87. The van der Waals surface area contributed by atoms with Crippen LogP contribution < -0.4 is 10.6 Å². The van der Waals surface area contributed by atoms with Crippen molar-refractivity contribution in [1.82, 2.24) is 14.7 Å². The number of para-hydroxylation sites is 1. The van der Waals surface area contributed by atoms with E-state index in [-0.39, 0.29) is 31.0 Å². The molecule has 36 heavy (non-hydrogen) atoms. The van der Waals surface area contributed by atoms with Gasteiger partial charge in [0.2, 0.25) is 5.91 Å².